The van der Waals surface area contributed by atoms with Gasteiger partial charge in [0.1, 0.15) is 5.82 Å². The van der Waals surface area contributed by atoms with Gasteiger partial charge in [0.25, 0.3) is 0 Å². The van der Waals surface area contributed by atoms with Gasteiger partial charge in [0.2, 0.25) is 5.91 Å². The zero-order valence-electron chi connectivity index (χ0n) is 11.0. The summed E-state index contributed by atoms with van der Waals surface area (Å²) in [6.07, 6.45) is 2.20. The van der Waals surface area contributed by atoms with Gasteiger partial charge in [-0.2, -0.15) is 0 Å². The SMILES string of the molecule is CC(C)(C)CC(=O)Nc1nccc2ccccc12. The molecule has 94 valence electrons. The molecule has 0 atom stereocenters. The maximum atomic E-state index is 11.9. The van der Waals surface area contributed by atoms with E-state index in [1.165, 1.54) is 0 Å². The number of hydrogen-bond acceptors (Lipinski definition) is 2. The third-order valence-corrected chi connectivity index (χ3v) is 2.62. The van der Waals surface area contributed by atoms with Crippen LogP contribution in [0.3, 0.4) is 0 Å². The second-order valence-electron chi connectivity index (χ2n) is 5.67. The molecule has 0 saturated heterocycles. The topological polar surface area (TPSA) is 42.0 Å². The molecule has 0 unspecified atom stereocenters. The standard InChI is InChI=1S/C15H18N2O/c1-15(2,3)10-13(18)17-14-12-7-5-4-6-11(12)8-9-16-14/h4-9H,10H2,1-3H3,(H,16,17,18). The first-order valence-corrected chi connectivity index (χ1v) is 6.09. The van der Waals surface area contributed by atoms with Crippen molar-refractivity contribution >= 4 is 22.5 Å². The summed E-state index contributed by atoms with van der Waals surface area (Å²) in [5.41, 5.74) is -0.0192. The summed E-state index contributed by atoms with van der Waals surface area (Å²) in [5, 5.41) is 4.95. The third kappa shape index (κ3) is 3.06. The van der Waals surface area contributed by atoms with Crippen molar-refractivity contribution in [1.82, 2.24) is 4.98 Å². The van der Waals surface area contributed by atoms with E-state index in [2.05, 4.69) is 10.3 Å². The molecule has 1 amide bonds. The fraction of sp³-hybridized carbons (Fsp3) is 0.333. The van der Waals surface area contributed by atoms with Gasteiger partial charge in [-0.05, 0) is 16.9 Å². The Morgan fingerprint density at radius 2 is 1.94 bits per heavy atom. The monoisotopic (exact) mass is 242 g/mol. The van der Waals surface area contributed by atoms with Crippen LogP contribution in [0.4, 0.5) is 5.82 Å². The molecule has 3 heteroatoms. The van der Waals surface area contributed by atoms with Gasteiger partial charge in [0.05, 0.1) is 0 Å². The lowest BCUT2D eigenvalue weighted by Crippen LogP contribution is -2.20. The molecule has 1 aromatic carbocycles. The summed E-state index contributed by atoms with van der Waals surface area (Å²) in [5.74, 6) is 0.647. The number of benzene rings is 1. The molecule has 1 aromatic heterocycles. The lowest BCUT2D eigenvalue weighted by Gasteiger charge is -2.17. The van der Waals surface area contributed by atoms with Gasteiger partial charge in [-0.15, -0.1) is 0 Å². The number of pyridine rings is 1. The van der Waals surface area contributed by atoms with Gasteiger partial charge >= 0.3 is 0 Å². The van der Waals surface area contributed by atoms with Crippen molar-refractivity contribution in [2.24, 2.45) is 5.41 Å². The van der Waals surface area contributed by atoms with Crippen LogP contribution >= 0.6 is 0 Å². The lowest BCUT2D eigenvalue weighted by atomic mass is 9.92. The maximum Gasteiger partial charge on any atom is 0.226 e. The third-order valence-electron chi connectivity index (χ3n) is 2.62. The molecule has 1 N–H and O–H groups in total. The van der Waals surface area contributed by atoms with Crippen molar-refractivity contribution in [1.29, 1.82) is 0 Å². The zero-order chi connectivity index (χ0) is 13.2. The van der Waals surface area contributed by atoms with E-state index >= 15 is 0 Å². The molecule has 0 aliphatic rings. The van der Waals surface area contributed by atoms with Crippen LogP contribution in [0, 0.1) is 5.41 Å². The number of fused-ring (bicyclic) bond motifs is 1. The van der Waals surface area contributed by atoms with E-state index in [9.17, 15) is 4.79 Å². The Morgan fingerprint density at radius 1 is 1.22 bits per heavy atom. The van der Waals surface area contributed by atoms with Crippen LogP contribution in [-0.2, 0) is 4.79 Å². The van der Waals surface area contributed by atoms with Gasteiger partial charge in [-0.25, -0.2) is 4.98 Å². The molecule has 0 aliphatic carbocycles. The van der Waals surface area contributed by atoms with Crippen LogP contribution in [0.1, 0.15) is 27.2 Å². The van der Waals surface area contributed by atoms with Crippen LogP contribution < -0.4 is 5.32 Å². The highest BCUT2D eigenvalue weighted by molar-refractivity contribution is 6.00. The molecule has 0 aliphatic heterocycles. The Labute approximate surface area is 107 Å². The normalized spacial score (nSPS) is 11.5. The first-order chi connectivity index (χ1) is 8.46. The number of carbonyl (C=O) groups is 1. The summed E-state index contributed by atoms with van der Waals surface area (Å²) in [7, 11) is 0. The Kier molecular flexibility index (Phi) is 3.32. The maximum absolute atomic E-state index is 11.9. The number of nitrogens with one attached hydrogen (secondary N) is 1. The molecule has 2 rings (SSSR count). The van der Waals surface area contributed by atoms with E-state index in [1.54, 1.807) is 6.20 Å². The Bertz CT molecular complexity index is 565. The number of carbonyl (C=O) groups excluding carboxylic acids is 1. The largest absolute Gasteiger partial charge is 0.310 e. The van der Waals surface area contributed by atoms with Crippen LogP contribution in [0.5, 0.6) is 0 Å². The van der Waals surface area contributed by atoms with Crippen molar-refractivity contribution in [2.75, 3.05) is 5.32 Å². The van der Waals surface area contributed by atoms with E-state index in [0.29, 0.717) is 12.2 Å². The molecule has 2 aromatic rings. The van der Waals surface area contributed by atoms with Crippen molar-refractivity contribution in [3.8, 4) is 0 Å². The van der Waals surface area contributed by atoms with Gasteiger partial charge in [-0.1, -0.05) is 45.0 Å². The van der Waals surface area contributed by atoms with Gasteiger partial charge in [0, 0.05) is 18.0 Å². The van der Waals surface area contributed by atoms with Crippen LogP contribution in [-0.4, -0.2) is 10.9 Å². The highest BCUT2D eigenvalue weighted by atomic mass is 16.1. The second-order valence-corrected chi connectivity index (χ2v) is 5.67. The first kappa shape index (κ1) is 12.6. The fourth-order valence-electron chi connectivity index (χ4n) is 1.88. The minimum Gasteiger partial charge on any atom is -0.310 e. The molecule has 0 bridgehead atoms. The Balaban J connectivity index is 2.24. The Morgan fingerprint density at radius 3 is 2.67 bits per heavy atom. The minimum atomic E-state index is -0.0192. The second kappa shape index (κ2) is 4.77. The smallest absolute Gasteiger partial charge is 0.226 e. The summed E-state index contributed by atoms with van der Waals surface area (Å²) in [6.45, 7) is 6.13. The van der Waals surface area contributed by atoms with Crippen LogP contribution in [0.2, 0.25) is 0 Å². The van der Waals surface area contributed by atoms with Gasteiger partial charge in [-0.3, -0.25) is 4.79 Å². The summed E-state index contributed by atoms with van der Waals surface area (Å²) < 4.78 is 0. The van der Waals surface area contributed by atoms with E-state index in [0.717, 1.165) is 10.8 Å². The molecule has 0 saturated carbocycles. The van der Waals surface area contributed by atoms with Crippen molar-refractivity contribution < 1.29 is 4.79 Å². The molecular formula is C15H18N2O. The number of nitrogens with zero attached hydrogens (tertiary/aromatic N) is 1. The Hall–Kier alpha value is -1.90. The molecule has 0 fully saturated rings. The first-order valence-electron chi connectivity index (χ1n) is 6.09. The predicted octanol–water partition coefficient (Wildman–Crippen LogP) is 3.61. The van der Waals surface area contributed by atoms with Crippen molar-refractivity contribution in [3.05, 3.63) is 36.5 Å². The number of hydrogen-bond donors (Lipinski definition) is 1. The lowest BCUT2D eigenvalue weighted by molar-refractivity contribution is -0.117. The van der Waals surface area contributed by atoms with Gasteiger partial charge < -0.3 is 5.32 Å². The summed E-state index contributed by atoms with van der Waals surface area (Å²) in [4.78, 5) is 16.2. The fourth-order valence-corrected chi connectivity index (χ4v) is 1.88. The van der Waals surface area contributed by atoms with E-state index < -0.39 is 0 Å². The predicted molar refractivity (Wildman–Crippen MR) is 74.4 cm³/mol. The number of rotatable bonds is 2. The van der Waals surface area contributed by atoms with E-state index in [1.807, 2.05) is 51.1 Å². The highest BCUT2D eigenvalue weighted by Gasteiger charge is 2.16. The number of anilines is 1. The molecule has 3 nitrogen and oxygen atoms in total. The summed E-state index contributed by atoms with van der Waals surface area (Å²) in [6, 6.07) is 9.84. The van der Waals surface area contributed by atoms with Crippen molar-refractivity contribution in [3.63, 3.8) is 0 Å². The zero-order valence-corrected chi connectivity index (χ0v) is 11.0. The minimum absolute atomic E-state index is 0.00588. The van der Waals surface area contributed by atoms with E-state index in [4.69, 9.17) is 0 Å². The van der Waals surface area contributed by atoms with Crippen LogP contribution in [0.15, 0.2) is 36.5 Å². The quantitative estimate of drug-likeness (QED) is 0.874. The summed E-state index contributed by atoms with van der Waals surface area (Å²) >= 11 is 0. The molecule has 0 radical (unpaired) electrons. The molecule has 0 spiro atoms. The average molecular weight is 242 g/mol. The van der Waals surface area contributed by atoms with Gasteiger partial charge in [0.15, 0.2) is 0 Å². The molecule has 1 heterocycles. The average Bonchev–Trinajstić information content (AvgIpc) is 2.27. The van der Waals surface area contributed by atoms with E-state index in [-0.39, 0.29) is 11.3 Å². The van der Waals surface area contributed by atoms with Crippen LogP contribution in [0.25, 0.3) is 10.8 Å². The number of aromatic nitrogens is 1. The highest BCUT2D eigenvalue weighted by Crippen LogP contribution is 2.23. The number of amides is 1. The molecular weight excluding hydrogens is 224 g/mol. The van der Waals surface area contributed by atoms with Crippen molar-refractivity contribution in [2.45, 2.75) is 27.2 Å². The molecule has 18 heavy (non-hydrogen) atoms.